The molecule has 2 unspecified atom stereocenters. The lowest BCUT2D eigenvalue weighted by molar-refractivity contribution is -0.130. The van der Waals surface area contributed by atoms with Crippen LogP contribution in [0.5, 0.6) is 0 Å². The zero-order valence-corrected chi connectivity index (χ0v) is 12.7. The van der Waals surface area contributed by atoms with Crippen LogP contribution in [0.3, 0.4) is 0 Å². The van der Waals surface area contributed by atoms with Gasteiger partial charge in [0.25, 0.3) is 5.91 Å². The van der Waals surface area contributed by atoms with Crippen LogP contribution in [0.25, 0.3) is 0 Å². The molecule has 1 heterocycles. The first-order valence-corrected chi connectivity index (χ1v) is 7.46. The van der Waals surface area contributed by atoms with Crippen molar-refractivity contribution in [1.29, 1.82) is 0 Å². The summed E-state index contributed by atoms with van der Waals surface area (Å²) < 4.78 is 11.2. The maximum absolute atomic E-state index is 12.1. The minimum atomic E-state index is -0.507. The molecule has 5 nitrogen and oxygen atoms in total. The van der Waals surface area contributed by atoms with Gasteiger partial charge in [0, 0.05) is 18.0 Å². The molecule has 0 aliphatic carbocycles. The molecule has 1 fully saturated rings. The van der Waals surface area contributed by atoms with Crippen LogP contribution in [-0.4, -0.2) is 31.3 Å². The number of hydrogen-bond donors (Lipinski definition) is 2. The largest absolute Gasteiger partial charge is 0.399 e. The highest BCUT2D eigenvalue weighted by molar-refractivity contribution is 5.94. The van der Waals surface area contributed by atoms with E-state index < -0.39 is 6.10 Å². The summed E-state index contributed by atoms with van der Waals surface area (Å²) in [7, 11) is 0. The molecule has 1 aromatic rings. The van der Waals surface area contributed by atoms with Gasteiger partial charge in [-0.1, -0.05) is 0 Å². The zero-order chi connectivity index (χ0) is 15.2. The molecule has 1 aromatic carbocycles. The van der Waals surface area contributed by atoms with E-state index in [2.05, 4.69) is 5.32 Å². The second kappa shape index (κ2) is 7.43. The summed E-state index contributed by atoms with van der Waals surface area (Å²) in [6.45, 7) is 4.92. The van der Waals surface area contributed by atoms with E-state index in [0.717, 1.165) is 30.7 Å². The summed E-state index contributed by atoms with van der Waals surface area (Å²) in [5.41, 5.74) is 8.08. The van der Waals surface area contributed by atoms with Crippen LogP contribution in [0, 0.1) is 6.92 Å². The molecular weight excluding hydrogens is 268 g/mol. The molecule has 0 bridgehead atoms. The second-order valence-electron chi connectivity index (χ2n) is 5.53. The third-order valence-electron chi connectivity index (χ3n) is 3.68. The Balaban J connectivity index is 1.81. The molecule has 0 radical (unpaired) electrons. The average molecular weight is 292 g/mol. The maximum Gasteiger partial charge on any atom is 0.253 e. The first-order valence-electron chi connectivity index (χ1n) is 7.46. The summed E-state index contributed by atoms with van der Waals surface area (Å²) in [6.07, 6.45) is 2.90. The molecular formula is C16H24N2O3. The molecule has 1 aliphatic rings. The molecule has 0 saturated carbocycles. The Morgan fingerprint density at radius 3 is 3.00 bits per heavy atom. The van der Waals surface area contributed by atoms with Crippen LogP contribution >= 0.6 is 0 Å². The van der Waals surface area contributed by atoms with Crippen molar-refractivity contribution in [3.05, 3.63) is 23.8 Å². The highest BCUT2D eigenvalue weighted by Gasteiger charge is 2.19. The third-order valence-corrected chi connectivity index (χ3v) is 3.68. The number of ether oxygens (including phenoxy) is 2. The molecule has 21 heavy (non-hydrogen) atoms. The average Bonchev–Trinajstić information content (AvgIpc) is 2.48. The lowest BCUT2D eigenvalue weighted by atomic mass is 10.1. The van der Waals surface area contributed by atoms with Crippen molar-refractivity contribution in [1.82, 2.24) is 0 Å². The first kappa shape index (κ1) is 15.8. The highest BCUT2D eigenvalue weighted by Crippen LogP contribution is 2.18. The van der Waals surface area contributed by atoms with Crippen LogP contribution in [0.4, 0.5) is 11.4 Å². The SMILES string of the molecule is Cc1cc(N)ccc1NC(=O)C(C)OCC1CCCCO1. The molecule has 2 atom stereocenters. The number of amides is 1. The number of rotatable bonds is 5. The van der Waals surface area contributed by atoms with Gasteiger partial charge < -0.3 is 20.5 Å². The number of hydrogen-bond acceptors (Lipinski definition) is 4. The lowest BCUT2D eigenvalue weighted by Crippen LogP contribution is -2.32. The highest BCUT2D eigenvalue weighted by atomic mass is 16.5. The summed E-state index contributed by atoms with van der Waals surface area (Å²) in [5, 5.41) is 2.86. The lowest BCUT2D eigenvalue weighted by Gasteiger charge is -2.24. The van der Waals surface area contributed by atoms with E-state index in [4.69, 9.17) is 15.2 Å². The van der Waals surface area contributed by atoms with Gasteiger partial charge >= 0.3 is 0 Å². The van der Waals surface area contributed by atoms with Gasteiger partial charge in [0.05, 0.1) is 12.7 Å². The Kier molecular flexibility index (Phi) is 5.59. The van der Waals surface area contributed by atoms with Gasteiger partial charge in [0.1, 0.15) is 6.10 Å². The van der Waals surface area contributed by atoms with Gasteiger partial charge in [-0.2, -0.15) is 0 Å². The third kappa shape index (κ3) is 4.72. The van der Waals surface area contributed by atoms with Crippen molar-refractivity contribution >= 4 is 17.3 Å². The second-order valence-corrected chi connectivity index (χ2v) is 5.53. The fourth-order valence-electron chi connectivity index (χ4n) is 2.33. The number of benzene rings is 1. The molecule has 5 heteroatoms. The molecule has 1 aliphatic heterocycles. The quantitative estimate of drug-likeness (QED) is 0.818. The standard InChI is InChI=1S/C16H24N2O3/c1-11-9-13(17)6-7-15(11)18-16(19)12(2)21-10-14-5-3-4-8-20-14/h6-7,9,12,14H,3-5,8,10,17H2,1-2H3,(H,18,19). The van der Waals surface area contributed by atoms with Crippen molar-refractivity contribution in [2.45, 2.75) is 45.3 Å². The number of nitrogens with two attached hydrogens (primary N) is 1. The van der Waals surface area contributed by atoms with Crippen molar-refractivity contribution in [2.24, 2.45) is 0 Å². The number of carbonyl (C=O) groups is 1. The molecule has 1 saturated heterocycles. The Hall–Kier alpha value is -1.59. The molecule has 0 aromatic heterocycles. The molecule has 116 valence electrons. The van der Waals surface area contributed by atoms with Crippen LogP contribution in [-0.2, 0) is 14.3 Å². The Bertz CT molecular complexity index is 484. The Morgan fingerprint density at radius 2 is 2.33 bits per heavy atom. The van der Waals surface area contributed by atoms with Gasteiger partial charge in [-0.05, 0) is 56.9 Å². The minimum absolute atomic E-state index is 0.118. The van der Waals surface area contributed by atoms with Crippen LogP contribution in [0.1, 0.15) is 31.7 Å². The normalized spacial score (nSPS) is 20.0. The molecule has 3 N–H and O–H groups in total. The summed E-state index contributed by atoms with van der Waals surface area (Å²) >= 11 is 0. The van der Waals surface area contributed by atoms with Gasteiger partial charge in [-0.15, -0.1) is 0 Å². The minimum Gasteiger partial charge on any atom is -0.399 e. The van der Waals surface area contributed by atoms with Crippen molar-refractivity contribution in [2.75, 3.05) is 24.3 Å². The molecule has 2 rings (SSSR count). The summed E-state index contributed by atoms with van der Waals surface area (Å²) in [4.78, 5) is 12.1. The van der Waals surface area contributed by atoms with E-state index in [0.29, 0.717) is 12.3 Å². The zero-order valence-electron chi connectivity index (χ0n) is 12.7. The van der Waals surface area contributed by atoms with Crippen molar-refractivity contribution < 1.29 is 14.3 Å². The summed E-state index contributed by atoms with van der Waals surface area (Å²) in [5.74, 6) is -0.154. The predicted octanol–water partition coefficient (Wildman–Crippen LogP) is 2.49. The number of nitrogen functional groups attached to an aromatic ring is 1. The van der Waals surface area contributed by atoms with E-state index in [1.807, 2.05) is 13.0 Å². The van der Waals surface area contributed by atoms with E-state index in [1.165, 1.54) is 6.42 Å². The number of anilines is 2. The number of nitrogens with one attached hydrogen (secondary N) is 1. The summed E-state index contributed by atoms with van der Waals surface area (Å²) in [6, 6.07) is 5.40. The number of aryl methyl sites for hydroxylation is 1. The van der Waals surface area contributed by atoms with Crippen LogP contribution in [0.15, 0.2) is 18.2 Å². The van der Waals surface area contributed by atoms with E-state index >= 15 is 0 Å². The van der Waals surface area contributed by atoms with Gasteiger partial charge in [-0.3, -0.25) is 4.79 Å². The fourth-order valence-corrected chi connectivity index (χ4v) is 2.33. The number of carbonyl (C=O) groups excluding carboxylic acids is 1. The first-order chi connectivity index (χ1) is 10.1. The van der Waals surface area contributed by atoms with E-state index in [-0.39, 0.29) is 12.0 Å². The topological polar surface area (TPSA) is 73.6 Å². The van der Waals surface area contributed by atoms with E-state index in [9.17, 15) is 4.79 Å². The van der Waals surface area contributed by atoms with E-state index in [1.54, 1.807) is 19.1 Å². The fraction of sp³-hybridized carbons (Fsp3) is 0.562. The smallest absolute Gasteiger partial charge is 0.253 e. The molecule has 0 spiro atoms. The molecule has 1 amide bonds. The van der Waals surface area contributed by atoms with Gasteiger partial charge in [0.15, 0.2) is 0 Å². The van der Waals surface area contributed by atoms with Crippen molar-refractivity contribution in [3.8, 4) is 0 Å². The Labute approximate surface area is 125 Å². The van der Waals surface area contributed by atoms with Crippen molar-refractivity contribution in [3.63, 3.8) is 0 Å². The maximum atomic E-state index is 12.1. The van der Waals surface area contributed by atoms with Gasteiger partial charge in [-0.25, -0.2) is 0 Å². The predicted molar refractivity (Wildman–Crippen MR) is 83.2 cm³/mol. The monoisotopic (exact) mass is 292 g/mol. The van der Waals surface area contributed by atoms with Crippen LogP contribution in [0.2, 0.25) is 0 Å². The Morgan fingerprint density at radius 1 is 1.52 bits per heavy atom. The van der Waals surface area contributed by atoms with Gasteiger partial charge in [0.2, 0.25) is 0 Å². The van der Waals surface area contributed by atoms with Crippen LogP contribution < -0.4 is 11.1 Å².